The van der Waals surface area contributed by atoms with Gasteiger partial charge in [0.15, 0.2) is 0 Å². The van der Waals surface area contributed by atoms with Gasteiger partial charge in [0.1, 0.15) is 0 Å². The molecule has 20 heavy (non-hydrogen) atoms. The minimum atomic E-state index is 0.777. The monoisotopic (exact) mass is 282 g/mol. The van der Waals surface area contributed by atoms with Gasteiger partial charge in [-0.05, 0) is 77.0 Å². The van der Waals surface area contributed by atoms with Crippen LogP contribution in [0.4, 0.5) is 0 Å². The third-order valence-electron chi connectivity index (χ3n) is 4.93. The fourth-order valence-corrected chi connectivity index (χ4v) is 3.36. The molecule has 1 N–H and O–H groups in total. The minimum absolute atomic E-state index is 0.777. The molecule has 1 saturated carbocycles. The van der Waals surface area contributed by atoms with Gasteiger partial charge in [0.05, 0.1) is 0 Å². The molecule has 1 aliphatic rings. The van der Waals surface area contributed by atoms with Crippen molar-refractivity contribution in [3.05, 3.63) is 0 Å². The molecule has 120 valence electrons. The Morgan fingerprint density at radius 2 is 1.75 bits per heavy atom. The Morgan fingerprint density at radius 3 is 2.35 bits per heavy atom. The van der Waals surface area contributed by atoms with Gasteiger partial charge in [0.2, 0.25) is 0 Å². The van der Waals surface area contributed by atoms with Crippen LogP contribution in [0.1, 0.15) is 72.1 Å². The SMILES string of the molecule is CCC1CCC(N(C)CCCCCNCC(C)C)CC1. The molecule has 0 unspecified atom stereocenters. The molecule has 0 aromatic carbocycles. The Bertz CT molecular complexity index is 219. The largest absolute Gasteiger partial charge is 0.316 e. The molecule has 2 heteroatoms. The highest BCUT2D eigenvalue weighted by molar-refractivity contribution is 4.77. The number of rotatable bonds is 10. The summed E-state index contributed by atoms with van der Waals surface area (Å²) in [5.74, 6) is 1.80. The Kier molecular flexibility index (Phi) is 9.54. The molecule has 0 amide bonds. The van der Waals surface area contributed by atoms with Gasteiger partial charge >= 0.3 is 0 Å². The van der Waals surface area contributed by atoms with Crippen LogP contribution in [0.25, 0.3) is 0 Å². The third-order valence-corrected chi connectivity index (χ3v) is 4.93. The first-order valence-electron chi connectivity index (χ1n) is 9.04. The quantitative estimate of drug-likeness (QED) is 0.601. The van der Waals surface area contributed by atoms with Gasteiger partial charge in [-0.25, -0.2) is 0 Å². The van der Waals surface area contributed by atoms with Crippen molar-refractivity contribution in [2.75, 3.05) is 26.7 Å². The average Bonchev–Trinajstić information content (AvgIpc) is 2.45. The molecule has 0 aromatic heterocycles. The first kappa shape index (κ1) is 18.0. The summed E-state index contributed by atoms with van der Waals surface area (Å²) in [5, 5.41) is 3.53. The lowest BCUT2D eigenvalue weighted by Crippen LogP contribution is -2.35. The van der Waals surface area contributed by atoms with Crippen LogP contribution in [0.5, 0.6) is 0 Å². The summed E-state index contributed by atoms with van der Waals surface area (Å²) in [6.45, 7) is 10.6. The molecule has 1 fully saturated rings. The number of nitrogens with zero attached hydrogens (tertiary/aromatic N) is 1. The molecule has 0 spiro atoms. The molecule has 0 saturated heterocycles. The van der Waals surface area contributed by atoms with Crippen LogP contribution in [0.15, 0.2) is 0 Å². The summed E-state index contributed by atoms with van der Waals surface area (Å²) in [7, 11) is 2.34. The Labute approximate surface area is 127 Å². The van der Waals surface area contributed by atoms with Gasteiger partial charge < -0.3 is 10.2 Å². The predicted molar refractivity (Wildman–Crippen MR) is 90.2 cm³/mol. The Balaban J connectivity index is 1.96. The summed E-state index contributed by atoms with van der Waals surface area (Å²) in [6, 6.07) is 0.872. The van der Waals surface area contributed by atoms with Crippen LogP contribution in [-0.2, 0) is 0 Å². The summed E-state index contributed by atoms with van der Waals surface area (Å²) in [6.07, 6.45) is 11.3. The molecule has 0 bridgehead atoms. The Hall–Kier alpha value is -0.0800. The molecule has 0 aliphatic heterocycles. The van der Waals surface area contributed by atoms with Crippen molar-refractivity contribution >= 4 is 0 Å². The van der Waals surface area contributed by atoms with Crippen LogP contribution < -0.4 is 5.32 Å². The van der Waals surface area contributed by atoms with E-state index in [0.29, 0.717) is 0 Å². The second-order valence-electron chi connectivity index (χ2n) is 7.22. The number of hydrogen-bond acceptors (Lipinski definition) is 2. The normalized spacial score (nSPS) is 23.7. The lowest BCUT2D eigenvalue weighted by atomic mass is 9.84. The van der Waals surface area contributed by atoms with Crippen LogP contribution in [0.2, 0.25) is 0 Å². The summed E-state index contributed by atoms with van der Waals surface area (Å²) < 4.78 is 0. The molecule has 1 aliphatic carbocycles. The number of nitrogens with one attached hydrogen (secondary N) is 1. The lowest BCUT2D eigenvalue weighted by Gasteiger charge is -2.34. The fourth-order valence-electron chi connectivity index (χ4n) is 3.36. The number of hydrogen-bond donors (Lipinski definition) is 1. The highest BCUT2D eigenvalue weighted by atomic mass is 15.1. The van der Waals surface area contributed by atoms with E-state index in [1.807, 2.05) is 0 Å². The van der Waals surface area contributed by atoms with Gasteiger partial charge in [0, 0.05) is 6.04 Å². The van der Waals surface area contributed by atoms with E-state index in [4.69, 9.17) is 0 Å². The van der Waals surface area contributed by atoms with Crippen molar-refractivity contribution in [1.29, 1.82) is 0 Å². The van der Waals surface area contributed by atoms with E-state index in [2.05, 4.69) is 38.0 Å². The molecule has 0 heterocycles. The van der Waals surface area contributed by atoms with Crippen molar-refractivity contribution in [2.45, 2.75) is 78.2 Å². The van der Waals surface area contributed by atoms with Gasteiger partial charge in [-0.1, -0.05) is 33.6 Å². The van der Waals surface area contributed by atoms with Gasteiger partial charge in [-0.15, -0.1) is 0 Å². The van der Waals surface area contributed by atoms with Crippen molar-refractivity contribution in [2.24, 2.45) is 11.8 Å². The molecule has 0 atom stereocenters. The van der Waals surface area contributed by atoms with Crippen LogP contribution >= 0.6 is 0 Å². The smallest absolute Gasteiger partial charge is 0.00924 e. The van der Waals surface area contributed by atoms with E-state index in [-0.39, 0.29) is 0 Å². The maximum Gasteiger partial charge on any atom is 0.00924 e. The van der Waals surface area contributed by atoms with E-state index in [1.165, 1.54) is 71.0 Å². The van der Waals surface area contributed by atoms with Crippen LogP contribution in [0, 0.1) is 11.8 Å². The van der Waals surface area contributed by atoms with Gasteiger partial charge in [-0.3, -0.25) is 0 Å². The minimum Gasteiger partial charge on any atom is -0.316 e. The third kappa shape index (κ3) is 7.64. The molecular weight excluding hydrogens is 244 g/mol. The van der Waals surface area contributed by atoms with E-state index >= 15 is 0 Å². The van der Waals surface area contributed by atoms with E-state index < -0.39 is 0 Å². The predicted octanol–water partition coefficient (Wildman–Crippen LogP) is 4.30. The van der Waals surface area contributed by atoms with Gasteiger partial charge in [0.25, 0.3) is 0 Å². The first-order chi connectivity index (χ1) is 9.63. The zero-order chi connectivity index (χ0) is 14.8. The van der Waals surface area contributed by atoms with Crippen molar-refractivity contribution in [3.63, 3.8) is 0 Å². The van der Waals surface area contributed by atoms with Crippen molar-refractivity contribution in [3.8, 4) is 0 Å². The summed E-state index contributed by atoms with van der Waals surface area (Å²) >= 11 is 0. The van der Waals surface area contributed by atoms with Crippen LogP contribution in [-0.4, -0.2) is 37.6 Å². The lowest BCUT2D eigenvalue weighted by molar-refractivity contribution is 0.161. The molecular formula is C18H38N2. The number of unbranched alkanes of at least 4 members (excludes halogenated alkanes) is 2. The van der Waals surface area contributed by atoms with E-state index in [1.54, 1.807) is 0 Å². The molecule has 2 nitrogen and oxygen atoms in total. The molecule has 0 aromatic rings. The first-order valence-corrected chi connectivity index (χ1v) is 9.04. The van der Waals surface area contributed by atoms with Crippen molar-refractivity contribution < 1.29 is 0 Å². The standard InChI is InChI=1S/C18H38N2/c1-5-17-9-11-18(12-10-17)20(4)14-8-6-7-13-19-15-16(2)3/h16-19H,5-15H2,1-4H3. The van der Waals surface area contributed by atoms with E-state index in [9.17, 15) is 0 Å². The Morgan fingerprint density at radius 1 is 1.05 bits per heavy atom. The summed E-state index contributed by atoms with van der Waals surface area (Å²) in [4.78, 5) is 2.63. The maximum atomic E-state index is 3.53. The van der Waals surface area contributed by atoms with E-state index in [0.717, 1.165) is 17.9 Å². The second-order valence-corrected chi connectivity index (χ2v) is 7.22. The molecule has 1 rings (SSSR count). The fraction of sp³-hybridized carbons (Fsp3) is 1.00. The summed E-state index contributed by atoms with van der Waals surface area (Å²) in [5.41, 5.74) is 0. The highest BCUT2D eigenvalue weighted by Gasteiger charge is 2.22. The maximum absolute atomic E-state index is 3.53. The molecule has 0 radical (unpaired) electrons. The van der Waals surface area contributed by atoms with Crippen molar-refractivity contribution in [1.82, 2.24) is 10.2 Å². The van der Waals surface area contributed by atoms with Gasteiger partial charge in [-0.2, -0.15) is 0 Å². The second kappa shape index (κ2) is 10.6. The zero-order valence-electron chi connectivity index (χ0n) is 14.5. The average molecular weight is 283 g/mol. The zero-order valence-corrected chi connectivity index (χ0v) is 14.5. The topological polar surface area (TPSA) is 15.3 Å². The highest BCUT2D eigenvalue weighted by Crippen LogP contribution is 2.28. The van der Waals surface area contributed by atoms with Crippen LogP contribution in [0.3, 0.4) is 0 Å².